The zero-order valence-electron chi connectivity index (χ0n) is 11.9. The summed E-state index contributed by atoms with van der Waals surface area (Å²) in [4.78, 5) is 12.1. The monoisotopic (exact) mass is 305 g/mol. The van der Waals surface area contributed by atoms with Gasteiger partial charge in [0.2, 0.25) is 11.1 Å². The molecule has 112 valence electrons. The van der Waals surface area contributed by atoms with Crippen molar-refractivity contribution in [2.75, 3.05) is 11.6 Å². The minimum Gasteiger partial charge on any atom is -0.349 e. The lowest BCUT2D eigenvalue weighted by atomic mass is 10.0. The van der Waals surface area contributed by atoms with Crippen molar-refractivity contribution in [2.24, 2.45) is 0 Å². The molecule has 0 radical (unpaired) electrons. The predicted molar refractivity (Wildman–Crippen MR) is 83.1 cm³/mol. The molecule has 1 aromatic heterocycles. The van der Waals surface area contributed by atoms with Crippen molar-refractivity contribution in [1.29, 1.82) is 0 Å². The van der Waals surface area contributed by atoms with Crippen LogP contribution in [-0.2, 0) is 4.79 Å². The molecule has 0 unspecified atom stereocenters. The second kappa shape index (κ2) is 7.68. The summed E-state index contributed by atoms with van der Waals surface area (Å²) >= 11 is 1.27. The maximum Gasteiger partial charge on any atom is 0.230 e. The fourth-order valence-corrected chi connectivity index (χ4v) is 2.64. The van der Waals surface area contributed by atoms with Crippen LogP contribution in [0.25, 0.3) is 0 Å². The van der Waals surface area contributed by atoms with Crippen LogP contribution < -0.4 is 11.2 Å². The van der Waals surface area contributed by atoms with Gasteiger partial charge >= 0.3 is 0 Å². The summed E-state index contributed by atoms with van der Waals surface area (Å²) in [5.41, 5.74) is 1.12. The number of nitrogens with one attached hydrogen (secondary N) is 1. The van der Waals surface area contributed by atoms with E-state index in [4.69, 9.17) is 5.84 Å². The maximum absolute atomic E-state index is 12.1. The van der Waals surface area contributed by atoms with Crippen molar-refractivity contribution in [2.45, 2.75) is 31.0 Å². The highest BCUT2D eigenvalue weighted by Crippen LogP contribution is 2.19. The van der Waals surface area contributed by atoms with Crippen LogP contribution in [0.4, 0.5) is 0 Å². The number of carbonyl (C=O) groups is 1. The van der Waals surface area contributed by atoms with Crippen LogP contribution in [0.3, 0.4) is 0 Å². The van der Waals surface area contributed by atoms with E-state index in [1.807, 2.05) is 30.3 Å². The molecule has 3 N–H and O–H groups in total. The first-order chi connectivity index (χ1) is 10.2. The van der Waals surface area contributed by atoms with Gasteiger partial charge in [-0.2, -0.15) is 0 Å². The molecule has 0 bridgehead atoms. The van der Waals surface area contributed by atoms with E-state index in [0.29, 0.717) is 5.16 Å². The van der Waals surface area contributed by atoms with Crippen LogP contribution in [-0.4, -0.2) is 26.5 Å². The van der Waals surface area contributed by atoms with Gasteiger partial charge in [-0.1, -0.05) is 55.4 Å². The van der Waals surface area contributed by atoms with Gasteiger partial charge in [-0.25, -0.2) is 4.68 Å². The van der Waals surface area contributed by atoms with Crippen LogP contribution in [0.5, 0.6) is 0 Å². The summed E-state index contributed by atoms with van der Waals surface area (Å²) < 4.78 is 1.30. The van der Waals surface area contributed by atoms with Crippen LogP contribution in [0.1, 0.15) is 31.4 Å². The molecular formula is C14H19N5OS. The third-order valence-electron chi connectivity index (χ3n) is 2.99. The number of rotatable bonds is 7. The van der Waals surface area contributed by atoms with Crippen molar-refractivity contribution in [3.05, 3.63) is 42.2 Å². The number of nitrogen functional groups attached to an aromatic ring is 1. The molecule has 0 aliphatic heterocycles. The maximum atomic E-state index is 12.1. The largest absolute Gasteiger partial charge is 0.349 e. The molecule has 7 heteroatoms. The molecule has 1 heterocycles. The average Bonchev–Trinajstić information content (AvgIpc) is 2.91. The van der Waals surface area contributed by atoms with E-state index in [2.05, 4.69) is 22.4 Å². The van der Waals surface area contributed by atoms with Crippen molar-refractivity contribution < 1.29 is 4.79 Å². The lowest BCUT2D eigenvalue weighted by molar-refractivity contribution is -0.119. The molecule has 0 aliphatic carbocycles. The number of nitrogens with zero attached hydrogens (tertiary/aromatic N) is 3. The van der Waals surface area contributed by atoms with Gasteiger partial charge in [0.25, 0.3) is 0 Å². The second-order valence-corrected chi connectivity index (χ2v) is 5.57. The lowest BCUT2D eigenvalue weighted by Gasteiger charge is -2.18. The van der Waals surface area contributed by atoms with Gasteiger partial charge in [0.15, 0.2) is 0 Å². The van der Waals surface area contributed by atoms with Gasteiger partial charge in [-0.05, 0) is 12.0 Å². The van der Waals surface area contributed by atoms with E-state index in [1.54, 1.807) is 0 Å². The Labute approximate surface area is 128 Å². The first-order valence-electron chi connectivity index (χ1n) is 6.83. The quantitative estimate of drug-likeness (QED) is 0.601. The summed E-state index contributed by atoms with van der Waals surface area (Å²) in [5, 5.41) is 11.1. The third-order valence-corrected chi connectivity index (χ3v) is 3.94. The van der Waals surface area contributed by atoms with Crippen LogP contribution in [0.15, 0.2) is 41.8 Å². The van der Waals surface area contributed by atoms with Crippen molar-refractivity contribution in [1.82, 2.24) is 20.2 Å². The number of nitrogens with two attached hydrogens (primary N) is 1. The molecule has 6 nitrogen and oxygen atoms in total. The summed E-state index contributed by atoms with van der Waals surface area (Å²) in [5.74, 6) is 5.84. The highest BCUT2D eigenvalue weighted by molar-refractivity contribution is 7.99. The number of aromatic nitrogens is 3. The van der Waals surface area contributed by atoms with E-state index in [-0.39, 0.29) is 17.7 Å². The number of amides is 1. The zero-order valence-corrected chi connectivity index (χ0v) is 12.7. The Bertz CT molecular complexity index is 572. The van der Waals surface area contributed by atoms with Crippen LogP contribution in [0.2, 0.25) is 0 Å². The summed E-state index contributed by atoms with van der Waals surface area (Å²) in [6.07, 6.45) is 3.32. The summed E-state index contributed by atoms with van der Waals surface area (Å²) in [6.45, 7) is 2.10. The Balaban J connectivity index is 1.91. The number of carbonyl (C=O) groups excluding carboxylic acids is 1. The van der Waals surface area contributed by atoms with Crippen LogP contribution >= 0.6 is 11.8 Å². The Morgan fingerprint density at radius 1 is 1.43 bits per heavy atom. The molecule has 0 aliphatic rings. The average molecular weight is 305 g/mol. The highest BCUT2D eigenvalue weighted by Gasteiger charge is 2.14. The molecule has 0 saturated heterocycles. The smallest absolute Gasteiger partial charge is 0.230 e. The molecule has 1 aromatic carbocycles. The fraction of sp³-hybridized carbons (Fsp3) is 0.357. The number of hydrogen-bond acceptors (Lipinski definition) is 5. The molecule has 0 saturated carbocycles. The van der Waals surface area contributed by atoms with Crippen molar-refractivity contribution in [3.63, 3.8) is 0 Å². The molecular weight excluding hydrogens is 286 g/mol. The zero-order chi connectivity index (χ0) is 15.1. The van der Waals surface area contributed by atoms with Gasteiger partial charge in [-0.15, -0.1) is 10.2 Å². The SMILES string of the molecule is CCC[C@H](NC(=O)CSc1nncn1N)c1ccccc1. The Morgan fingerprint density at radius 3 is 2.81 bits per heavy atom. The third kappa shape index (κ3) is 4.49. The molecule has 0 spiro atoms. The van der Waals surface area contributed by atoms with E-state index >= 15 is 0 Å². The molecule has 2 aromatic rings. The van der Waals surface area contributed by atoms with Gasteiger partial charge in [0.05, 0.1) is 11.8 Å². The Kier molecular flexibility index (Phi) is 5.62. The van der Waals surface area contributed by atoms with Crippen molar-refractivity contribution >= 4 is 17.7 Å². The summed E-state index contributed by atoms with van der Waals surface area (Å²) in [7, 11) is 0. The molecule has 21 heavy (non-hydrogen) atoms. The van der Waals surface area contributed by atoms with Gasteiger partial charge in [-0.3, -0.25) is 4.79 Å². The minimum absolute atomic E-state index is 0.0368. The van der Waals surface area contributed by atoms with Crippen LogP contribution in [0, 0.1) is 0 Å². The Morgan fingerprint density at radius 2 is 2.19 bits per heavy atom. The standard InChI is InChI=1S/C14H19N5OS/c1-2-6-12(11-7-4-3-5-8-11)17-13(20)9-21-14-18-16-10-19(14)15/h3-5,7-8,10,12H,2,6,9,15H2,1H3,(H,17,20)/t12-/m0/s1. The van der Waals surface area contributed by atoms with Gasteiger partial charge < -0.3 is 11.2 Å². The van der Waals surface area contributed by atoms with Gasteiger partial charge in [0.1, 0.15) is 6.33 Å². The highest BCUT2D eigenvalue weighted by atomic mass is 32.2. The van der Waals surface area contributed by atoms with E-state index < -0.39 is 0 Å². The second-order valence-electron chi connectivity index (χ2n) is 4.63. The van der Waals surface area contributed by atoms with E-state index in [0.717, 1.165) is 18.4 Å². The topological polar surface area (TPSA) is 85.8 Å². The number of hydrogen-bond donors (Lipinski definition) is 2. The fourth-order valence-electron chi connectivity index (χ4n) is 2.00. The van der Waals surface area contributed by atoms with E-state index in [9.17, 15) is 4.79 Å². The van der Waals surface area contributed by atoms with Gasteiger partial charge in [0, 0.05) is 0 Å². The van der Waals surface area contributed by atoms with E-state index in [1.165, 1.54) is 22.8 Å². The first kappa shape index (κ1) is 15.4. The lowest BCUT2D eigenvalue weighted by Crippen LogP contribution is -2.30. The first-order valence-corrected chi connectivity index (χ1v) is 7.81. The molecule has 1 amide bonds. The molecule has 2 rings (SSSR count). The molecule has 1 atom stereocenters. The normalized spacial score (nSPS) is 12.0. The molecule has 0 fully saturated rings. The Hall–Kier alpha value is -2.02. The van der Waals surface area contributed by atoms with Crippen molar-refractivity contribution in [3.8, 4) is 0 Å². The number of thioether (sulfide) groups is 1. The summed E-state index contributed by atoms with van der Waals surface area (Å²) in [6, 6.07) is 10.0. The number of benzene rings is 1. The predicted octanol–water partition coefficient (Wildman–Crippen LogP) is 1.74. The minimum atomic E-state index is -0.0368.